The Morgan fingerprint density at radius 1 is 1.14 bits per heavy atom. The van der Waals surface area contributed by atoms with Crippen LogP contribution in [0.4, 0.5) is 0 Å². The number of carboxylic acid groups (broad SMARTS) is 1. The zero-order chi connectivity index (χ0) is 15.2. The van der Waals surface area contributed by atoms with Crippen molar-refractivity contribution >= 4 is 11.9 Å². The highest BCUT2D eigenvalue weighted by molar-refractivity contribution is 5.73. The molecule has 1 atom stereocenters. The van der Waals surface area contributed by atoms with Crippen LogP contribution in [0.3, 0.4) is 0 Å². The van der Waals surface area contributed by atoms with Crippen molar-refractivity contribution in [3.8, 4) is 0 Å². The van der Waals surface area contributed by atoms with Gasteiger partial charge in [0.1, 0.15) is 0 Å². The minimum absolute atomic E-state index is 0.108. The van der Waals surface area contributed by atoms with Crippen molar-refractivity contribution in [2.24, 2.45) is 0 Å². The van der Waals surface area contributed by atoms with Crippen LogP contribution >= 0.6 is 0 Å². The van der Waals surface area contributed by atoms with Crippen LogP contribution < -0.4 is 0 Å². The molecule has 1 amide bonds. The zero-order valence-corrected chi connectivity index (χ0v) is 12.4. The second-order valence-corrected chi connectivity index (χ2v) is 5.40. The van der Waals surface area contributed by atoms with Crippen molar-refractivity contribution in [1.82, 2.24) is 9.80 Å². The maximum absolute atomic E-state index is 11.4. The van der Waals surface area contributed by atoms with E-state index in [2.05, 4.69) is 4.90 Å². The Kier molecular flexibility index (Phi) is 5.33. The van der Waals surface area contributed by atoms with E-state index in [0.717, 1.165) is 18.7 Å². The summed E-state index contributed by atoms with van der Waals surface area (Å²) in [5.41, 5.74) is 1.15. The molecule has 5 nitrogen and oxygen atoms in total. The van der Waals surface area contributed by atoms with Gasteiger partial charge < -0.3 is 10.0 Å². The molecule has 2 rings (SSSR count). The molecule has 0 unspecified atom stereocenters. The summed E-state index contributed by atoms with van der Waals surface area (Å²) in [5.74, 6) is -0.658. The number of amides is 1. The average molecular weight is 290 g/mol. The molecule has 1 heterocycles. The topological polar surface area (TPSA) is 60.9 Å². The highest BCUT2D eigenvalue weighted by Crippen LogP contribution is 2.26. The number of hydrogen-bond donors (Lipinski definition) is 1. The third-order valence-electron chi connectivity index (χ3n) is 4.02. The smallest absolute Gasteiger partial charge is 0.303 e. The molecule has 0 aromatic heterocycles. The van der Waals surface area contributed by atoms with E-state index in [4.69, 9.17) is 5.11 Å². The molecule has 5 heteroatoms. The van der Waals surface area contributed by atoms with Gasteiger partial charge >= 0.3 is 5.97 Å². The number of aliphatic carboxylic acids is 1. The Hall–Kier alpha value is -1.88. The van der Waals surface area contributed by atoms with Gasteiger partial charge in [0.2, 0.25) is 5.91 Å². The molecule has 114 valence electrons. The lowest BCUT2D eigenvalue weighted by molar-refractivity contribution is -0.137. The average Bonchev–Trinajstić information content (AvgIpc) is 2.49. The maximum atomic E-state index is 11.4. The zero-order valence-electron chi connectivity index (χ0n) is 12.4. The largest absolute Gasteiger partial charge is 0.481 e. The molecule has 1 fully saturated rings. The van der Waals surface area contributed by atoms with Gasteiger partial charge in [-0.25, -0.2) is 0 Å². The Morgan fingerprint density at radius 2 is 1.76 bits per heavy atom. The maximum Gasteiger partial charge on any atom is 0.303 e. The molecule has 1 saturated heterocycles. The third kappa shape index (κ3) is 4.29. The van der Waals surface area contributed by atoms with Gasteiger partial charge in [-0.15, -0.1) is 0 Å². The van der Waals surface area contributed by atoms with Crippen molar-refractivity contribution in [2.45, 2.75) is 25.8 Å². The van der Waals surface area contributed by atoms with E-state index >= 15 is 0 Å². The molecule has 0 aliphatic carbocycles. The first-order chi connectivity index (χ1) is 10.1. The summed E-state index contributed by atoms with van der Waals surface area (Å²) in [6.45, 7) is 4.60. The first-order valence-corrected chi connectivity index (χ1v) is 7.34. The molecule has 0 radical (unpaired) electrons. The van der Waals surface area contributed by atoms with Crippen molar-refractivity contribution in [1.29, 1.82) is 0 Å². The van der Waals surface area contributed by atoms with E-state index < -0.39 is 5.97 Å². The molecule has 0 bridgehead atoms. The lowest BCUT2D eigenvalue weighted by atomic mass is 9.99. The van der Waals surface area contributed by atoms with Crippen LogP contribution in [-0.4, -0.2) is 53.0 Å². The van der Waals surface area contributed by atoms with Gasteiger partial charge in [-0.1, -0.05) is 30.3 Å². The number of rotatable bonds is 5. The summed E-state index contributed by atoms with van der Waals surface area (Å²) in [4.78, 5) is 26.4. The van der Waals surface area contributed by atoms with Gasteiger partial charge in [-0.05, 0) is 12.0 Å². The lowest BCUT2D eigenvalue weighted by Crippen LogP contribution is -2.49. The van der Waals surface area contributed by atoms with Crippen LogP contribution in [0.1, 0.15) is 31.4 Å². The molecule has 0 spiro atoms. The van der Waals surface area contributed by atoms with Crippen LogP contribution in [-0.2, 0) is 9.59 Å². The van der Waals surface area contributed by atoms with Crippen LogP contribution in [0.25, 0.3) is 0 Å². The fraction of sp³-hybridized carbons (Fsp3) is 0.500. The molecular formula is C16H22N2O3. The lowest BCUT2D eigenvalue weighted by Gasteiger charge is -2.39. The fourth-order valence-corrected chi connectivity index (χ4v) is 2.84. The van der Waals surface area contributed by atoms with Gasteiger partial charge in [-0.2, -0.15) is 0 Å². The summed E-state index contributed by atoms with van der Waals surface area (Å²) in [6.07, 6.45) is 0.756. The number of piperazine rings is 1. The van der Waals surface area contributed by atoms with Crippen LogP contribution in [0.15, 0.2) is 30.3 Å². The molecule has 1 aliphatic heterocycles. The summed E-state index contributed by atoms with van der Waals surface area (Å²) >= 11 is 0. The van der Waals surface area contributed by atoms with Gasteiger partial charge in [0.05, 0.1) is 0 Å². The highest BCUT2D eigenvalue weighted by atomic mass is 16.4. The number of hydrogen-bond acceptors (Lipinski definition) is 3. The Labute approximate surface area is 125 Å². The molecule has 1 aliphatic rings. The van der Waals surface area contributed by atoms with E-state index in [1.807, 2.05) is 35.2 Å². The number of carboxylic acids is 1. The van der Waals surface area contributed by atoms with Gasteiger partial charge in [-0.3, -0.25) is 14.5 Å². The Bertz CT molecular complexity index is 482. The molecule has 21 heavy (non-hydrogen) atoms. The number of benzene rings is 1. The second-order valence-electron chi connectivity index (χ2n) is 5.40. The SMILES string of the molecule is CC(=O)N1CCN([C@H](CCC(=O)O)c2ccccc2)CC1. The van der Waals surface area contributed by atoms with Crippen molar-refractivity contribution in [2.75, 3.05) is 26.2 Å². The summed E-state index contributed by atoms with van der Waals surface area (Å²) < 4.78 is 0. The second kappa shape index (κ2) is 7.22. The number of nitrogens with zero attached hydrogens (tertiary/aromatic N) is 2. The van der Waals surface area contributed by atoms with Crippen LogP contribution in [0.5, 0.6) is 0 Å². The van der Waals surface area contributed by atoms with Crippen LogP contribution in [0.2, 0.25) is 0 Å². The number of carbonyl (C=O) groups is 2. The van der Waals surface area contributed by atoms with E-state index in [1.165, 1.54) is 0 Å². The highest BCUT2D eigenvalue weighted by Gasteiger charge is 2.26. The molecular weight excluding hydrogens is 268 g/mol. The van der Waals surface area contributed by atoms with E-state index in [1.54, 1.807) is 6.92 Å². The van der Waals surface area contributed by atoms with Crippen LogP contribution in [0, 0.1) is 0 Å². The van der Waals surface area contributed by atoms with E-state index in [-0.39, 0.29) is 18.4 Å². The summed E-state index contributed by atoms with van der Waals surface area (Å²) in [6, 6.07) is 10.1. The van der Waals surface area contributed by atoms with Crippen molar-refractivity contribution in [3.63, 3.8) is 0 Å². The minimum atomic E-state index is -0.765. The molecule has 1 aromatic rings. The summed E-state index contributed by atoms with van der Waals surface area (Å²) in [7, 11) is 0. The predicted octanol–water partition coefficient (Wildman–Crippen LogP) is 1.76. The Morgan fingerprint density at radius 3 is 2.29 bits per heavy atom. The monoisotopic (exact) mass is 290 g/mol. The number of carbonyl (C=O) groups excluding carboxylic acids is 1. The van der Waals surface area contributed by atoms with Gasteiger partial charge in [0, 0.05) is 45.6 Å². The predicted molar refractivity (Wildman–Crippen MR) is 79.9 cm³/mol. The van der Waals surface area contributed by atoms with E-state index in [0.29, 0.717) is 19.5 Å². The van der Waals surface area contributed by atoms with E-state index in [9.17, 15) is 9.59 Å². The first-order valence-electron chi connectivity index (χ1n) is 7.34. The fourth-order valence-electron chi connectivity index (χ4n) is 2.84. The normalized spacial score (nSPS) is 17.5. The summed E-state index contributed by atoms with van der Waals surface area (Å²) in [5, 5.41) is 8.95. The Balaban J connectivity index is 2.06. The van der Waals surface area contributed by atoms with Gasteiger partial charge in [0.15, 0.2) is 0 Å². The minimum Gasteiger partial charge on any atom is -0.481 e. The molecule has 1 aromatic carbocycles. The van der Waals surface area contributed by atoms with Crippen molar-refractivity contribution in [3.05, 3.63) is 35.9 Å². The standard InChI is InChI=1S/C16H22N2O3/c1-13(19)17-9-11-18(12-10-17)15(7-8-16(20)21)14-5-3-2-4-6-14/h2-6,15H,7-12H2,1H3,(H,20,21)/t15-/m1/s1. The molecule has 1 N–H and O–H groups in total. The van der Waals surface area contributed by atoms with Crippen molar-refractivity contribution < 1.29 is 14.7 Å². The first kappa shape index (κ1) is 15.5. The van der Waals surface area contributed by atoms with Gasteiger partial charge in [0.25, 0.3) is 0 Å². The third-order valence-corrected chi connectivity index (χ3v) is 4.02. The molecule has 0 saturated carbocycles. The quantitative estimate of drug-likeness (QED) is 0.897.